The fourth-order valence-corrected chi connectivity index (χ4v) is 4.78. The lowest BCUT2D eigenvalue weighted by Crippen LogP contribution is -2.60. The molecule has 0 amide bonds. The molecule has 33 heavy (non-hydrogen) atoms. The monoisotopic (exact) mass is 465 g/mol. The Morgan fingerprint density at radius 2 is 1.73 bits per heavy atom. The summed E-state index contributed by atoms with van der Waals surface area (Å²) in [5, 5.41) is 7.96. The number of rotatable bonds is 4. The van der Waals surface area contributed by atoms with Crippen molar-refractivity contribution >= 4 is 17.0 Å². The SMILES string of the molecule is CC1(C)CN(c2ccn3c(CC4CC4)nnc3c2C(F)(F)F)CCN1c1cc(F)cc(F)c1. The van der Waals surface area contributed by atoms with Crippen LogP contribution in [0.5, 0.6) is 0 Å². The number of piperazine rings is 1. The molecule has 2 fully saturated rings. The third-order valence-corrected chi connectivity index (χ3v) is 6.48. The van der Waals surface area contributed by atoms with Crippen LogP contribution in [0.4, 0.5) is 33.3 Å². The number of fused-ring (bicyclic) bond motifs is 1. The van der Waals surface area contributed by atoms with Crippen molar-refractivity contribution in [3.05, 3.63) is 53.5 Å². The topological polar surface area (TPSA) is 36.7 Å². The van der Waals surface area contributed by atoms with Crippen molar-refractivity contribution in [2.75, 3.05) is 29.4 Å². The molecule has 1 aliphatic heterocycles. The first-order chi connectivity index (χ1) is 15.5. The van der Waals surface area contributed by atoms with E-state index in [2.05, 4.69) is 10.2 Å². The molecule has 1 saturated heterocycles. The van der Waals surface area contributed by atoms with Crippen molar-refractivity contribution in [2.45, 2.75) is 44.8 Å². The van der Waals surface area contributed by atoms with E-state index >= 15 is 0 Å². The smallest absolute Gasteiger partial charge is 0.367 e. The molecule has 2 aromatic heterocycles. The van der Waals surface area contributed by atoms with E-state index < -0.39 is 28.9 Å². The normalized spacial score (nSPS) is 18.9. The van der Waals surface area contributed by atoms with Crippen molar-refractivity contribution in [3.8, 4) is 0 Å². The number of hydrogen-bond acceptors (Lipinski definition) is 4. The van der Waals surface area contributed by atoms with Gasteiger partial charge in [0, 0.05) is 44.0 Å². The molecule has 3 heterocycles. The molecule has 1 aromatic carbocycles. The standard InChI is InChI=1S/C23H24F5N5/c1-22(2)13-31(7-8-33(22)17-11-15(24)10-16(25)12-17)18-5-6-32-19(9-14-3-4-14)29-30-21(32)20(18)23(26,27)28/h5-6,10-12,14H,3-4,7-9,13H2,1-2H3. The van der Waals surface area contributed by atoms with Crippen LogP contribution in [-0.4, -0.2) is 39.8 Å². The van der Waals surface area contributed by atoms with Gasteiger partial charge in [-0.05, 0) is 50.8 Å². The number of pyridine rings is 1. The molecule has 176 valence electrons. The molecular weight excluding hydrogens is 441 g/mol. The Labute approximate surface area is 187 Å². The van der Waals surface area contributed by atoms with Crippen LogP contribution in [0.25, 0.3) is 5.65 Å². The van der Waals surface area contributed by atoms with E-state index in [9.17, 15) is 22.0 Å². The van der Waals surface area contributed by atoms with Crippen LogP contribution in [0.2, 0.25) is 0 Å². The van der Waals surface area contributed by atoms with Gasteiger partial charge < -0.3 is 9.80 Å². The molecule has 5 nitrogen and oxygen atoms in total. The van der Waals surface area contributed by atoms with Crippen molar-refractivity contribution < 1.29 is 22.0 Å². The Balaban J connectivity index is 1.50. The molecule has 0 bridgehead atoms. The quantitative estimate of drug-likeness (QED) is 0.504. The predicted molar refractivity (Wildman–Crippen MR) is 114 cm³/mol. The molecule has 3 aromatic rings. The summed E-state index contributed by atoms with van der Waals surface area (Å²) in [7, 11) is 0. The molecule has 1 aliphatic carbocycles. The number of anilines is 2. The maximum atomic E-state index is 14.2. The lowest BCUT2D eigenvalue weighted by atomic mass is 9.96. The zero-order chi connectivity index (χ0) is 23.5. The highest BCUT2D eigenvalue weighted by atomic mass is 19.4. The molecule has 0 radical (unpaired) electrons. The van der Waals surface area contributed by atoms with Crippen LogP contribution in [0.1, 0.15) is 38.1 Å². The summed E-state index contributed by atoms with van der Waals surface area (Å²) in [5.74, 6) is -0.375. The molecule has 0 unspecified atom stereocenters. The molecule has 2 aliphatic rings. The van der Waals surface area contributed by atoms with Gasteiger partial charge in [0.05, 0.1) is 11.2 Å². The van der Waals surface area contributed by atoms with E-state index in [-0.39, 0.29) is 24.4 Å². The Bertz CT molecular complexity index is 1180. The van der Waals surface area contributed by atoms with Crippen LogP contribution in [-0.2, 0) is 12.6 Å². The van der Waals surface area contributed by atoms with E-state index in [0.717, 1.165) is 18.9 Å². The fraction of sp³-hybridized carbons (Fsp3) is 0.478. The Hall–Kier alpha value is -2.91. The highest BCUT2D eigenvalue weighted by molar-refractivity contribution is 5.68. The lowest BCUT2D eigenvalue weighted by molar-refractivity contribution is -0.136. The zero-order valence-electron chi connectivity index (χ0n) is 18.3. The van der Waals surface area contributed by atoms with E-state index in [4.69, 9.17) is 0 Å². The van der Waals surface area contributed by atoms with Gasteiger partial charge in [-0.2, -0.15) is 13.2 Å². The van der Waals surface area contributed by atoms with Crippen LogP contribution >= 0.6 is 0 Å². The van der Waals surface area contributed by atoms with Gasteiger partial charge in [0.25, 0.3) is 0 Å². The van der Waals surface area contributed by atoms with Crippen LogP contribution in [0.15, 0.2) is 30.5 Å². The highest BCUT2D eigenvalue weighted by Crippen LogP contribution is 2.41. The van der Waals surface area contributed by atoms with Crippen LogP contribution < -0.4 is 9.80 Å². The molecule has 5 rings (SSSR count). The van der Waals surface area contributed by atoms with E-state index in [1.165, 1.54) is 22.6 Å². The minimum absolute atomic E-state index is 0.0403. The Kier molecular flexibility index (Phi) is 5.02. The average molecular weight is 465 g/mol. The van der Waals surface area contributed by atoms with Crippen LogP contribution in [0, 0.1) is 17.6 Å². The number of nitrogens with zero attached hydrogens (tertiary/aromatic N) is 5. The van der Waals surface area contributed by atoms with E-state index in [1.54, 1.807) is 11.1 Å². The number of alkyl halides is 3. The van der Waals surface area contributed by atoms with Crippen LogP contribution in [0.3, 0.4) is 0 Å². The number of aromatic nitrogens is 3. The second-order valence-electron chi connectivity index (χ2n) is 9.54. The average Bonchev–Trinajstić information content (AvgIpc) is 3.43. The van der Waals surface area contributed by atoms with E-state index in [0.29, 0.717) is 30.4 Å². The molecule has 1 saturated carbocycles. The predicted octanol–water partition coefficient (Wildman–Crippen LogP) is 5.08. The third-order valence-electron chi connectivity index (χ3n) is 6.48. The number of hydrogen-bond donors (Lipinski definition) is 0. The van der Waals surface area contributed by atoms with Gasteiger partial charge >= 0.3 is 6.18 Å². The number of benzene rings is 1. The maximum Gasteiger partial charge on any atom is 0.422 e. The highest BCUT2D eigenvalue weighted by Gasteiger charge is 2.42. The first-order valence-corrected chi connectivity index (χ1v) is 11.0. The van der Waals surface area contributed by atoms with Gasteiger partial charge in [0.1, 0.15) is 23.0 Å². The fourth-order valence-electron chi connectivity index (χ4n) is 4.78. The van der Waals surface area contributed by atoms with Crippen molar-refractivity contribution in [1.82, 2.24) is 14.6 Å². The Morgan fingerprint density at radius 3 is 2.33 bits per heavy atom. The summed E-state index contributed by atoms with van der Waals surface area (Å²) in [6.07, 6.45) is -0.261. The third kappa shape index (κ3) is 4.11. The van der Waals surface area contributed by atoms with Gasteiger partial charge in [0.2, 0.25) is 0 Å². The summed E-state index contributed by atoms with van der Waals surface area (Å²) in [4.78, 5) is 3.50. The molecule has 10 heteroatoms. The minimum Gasteiger partial charge on any atom is -0.367 e. The number of halogens is 5. The molecular formula is C23H24F5N5. The summed E-state index contributed by atoms with van der Waals surface area (Å²) in [6.45, 7) is 4.48. The second-order valence-corrected chi connectivity index (χ2v) is 9.54. The summed E-state index contributed by atoms with van der Waals surface area (Å²) >= 11 is 0. The second kappa shape index (κ2) is 7.56. The largest absolute Gasteiger partial charge is 0.422 e. The molecule has 0 atom stereocenters. The van der Waals surface area contributed by atoms with Crippen molar-refractivity contribution in [2.24, 2.45) is 5.92 Å². The zero-order valence-corrected chi connectivity index (χ0v) is 18.3. The molecule has 0 spiro atoms. The maximum absolute atomic E-state index is 14.2. The van der Waals surface area contributed by atoms with Crippen molar-refractivity contribution in [3.63, 3.8) is 0 Å². The first kappa shape index (κ1) is 21.9. The summed E-state index contributed by atoms with van der Waals surface area (Å²) < 4.78 is 71.7. The van der Waals surface area contributed by atoms with Gasteiger partial charge in [-0.3, -0.25) is 4.40 Å². The van der Waals surface area contributed by atoms with Gasteiger partial charge in [-0.1, -0.05) is 0 Å². The lowest BCUT2D eigenvalue weighted by Gasteiger charge is -2.49. The van der Waals surface area contributed by atoms with Gasteiger partial charge in [-0.15, -0.1) is 10.2 Å². The van der Waals surface area contributed by atoms with Gasteiger partial charge in [0.15, 0.2) is 5.65 Å². The van der Waals surface area contributed by atoms with Gasteiger partial charge in [-0.25, -0.2) is 8.78 Å². The van der Waals surface area contributed by atoms with Crippen molar-refractivity contribution in [1.29, 1.82) is 0 Å². The summed E-state index contributed by atoms with van der Waals surface area (Å²) in [5.41, 5.74) is -1.27. The molecule has 0 N–H and O–H groups in total. The first-order valence-electron chi connectivity index (χ1n) is 11.0. The Morgan fingerprint density at radius 1 is 1.03 bits per heavy atom. The van der Waals surface area contributed by atoms with E-state index in [1.807, 2.05) is 18.7 Å². The summed E-state index contributed by atoms with van der Waals surface area (Å²) in [6, 6.07) is 4.76. The minimum atomic E-state index is -4.62.